The van der Waals surface area contributed by atoms with Crippen LogP contribution in [0.25, 0.3) is 0 Å². The summed E-state index contributed by atoms with van der Waals surface area (Å²) in [6.45, 7) is 5.56. The molecule has 4 heteroatoms. The lowest BCUT2D eigenvalue weighted by Gasteiger charge is -2.19. The Morgan fingerprint density at radius 2 is 2.06 bits per heavy atom. The van der Waals surface area contributed by atoms with Gasteiger partial charge in [-0.3, -0.25) is 0 Å². The van der Waals surface area contributed by atoms with Crippen LogP contribution in [-0.4, -0.2) is 19.2 Å². The van der Waals surface area contributed by atoms with E-state index in [1.807, 2.05) is 13.8 Å². The normalized spacial score (nSPS) is 12.5. The number of ether oxygens (including phenoxy) is 1. The Morgan fingerprint density at radius 3 is 2.65 bits per heavy atom. The van der Waals surface area contributed by atoms with Gasteiger partial charge in [-0.2, -0.15) is 0 Å². The third-order valence-electron chi connectivity index (χ3n) is 2.42. The number of hydrogen-bond acceptors (Lipinski definition) is 2. The fourth-order valence-electron chi connectivity index (χ4n) is 1.58. The minimum Gasteiger partial charge on any atom is -0.486 e. The monoisotopic (exact) mass is 243 g/mol. The Kier molecular flexibility index (Phi) is 5.91. The van der Waals surface area contributed by atoms with E-state index in [2.05, 4.69) is 5.32 Å². The zero-order valence-corrected chi connectivity index (χ0v) is 10.3. The molecule has 2 nitrogen and oxygen atoms in total. The van der Waals surface area contributed by atoms with Crippen LogP contribution in [0, 0.1) is 11.6 Å². The number of likely N-dealkylation sites (N-methyl/N-ethyl adjacent to an activating group) is 1. The second-order valence-corrected chi connectivity index (χ2v) is 3.91. The zero-order valence-electron chi connectivity index (χ0n) is 10.3. The maximum absolute atomic E-state index is 13.4. The summed E-state index contributed by atoms with van der Waals surface area (Å²) in [4.78, 5) is 0. The standard InChI is InChI=1S/C13H19F2NO/c1-3-5-11(9-16-4-2)17-13-7-6-10(14)8-12(13)15/h6-8,11,16H,3-5,9H2,1-2H3. The van der Waals surface area contributed by atoms with Crippen molar-refractivity contribution in [3.63, 3.8) is 0 Å². The van der Waals surface area contributed by atoms with Crippen LogP contribution in [0.4, 0.5) is 8.78 Å². The fraction of sp³-hybridized carbons (Fsp3) is 0.538. The van der Waals surface area contributed by atoms with Crippen molar-refractivity contribution in [2.75, 3.05) is 13.1 Å². The van der Waals surface area contributed by atoms with E-state index in [9.17, 15) is 8.78 Å². The third kappa shape index (κ3) is 4.69. The second-order valence-electron chi connectivity index (χ2n) is 3.91. The average molecular weight is 243 g/mol. The van der Waals surface area contributed by atoms with Gasteiger partial charge >= 0.3 is 0 Å². The minimum absolute atomic E-state index is 0.0834. The number of hydrogen-bond donors (Lipinski definition) is 1. The zero-order chi connectivity index (χ0) is 12.7. The van der Waals surface area contributed by atoms with Crippen molar-refractivity contribution in [1.29, 1.82) is 0 Å². The Bertz CT molecular complexity index is 344. The molecule has 96 valence electrons. The summed E-state index contributed by atoms with van der Waals surface area (Å²) in [5, 5.41) is 3.16. The summed E-state index contributed by atoms with van der Waals surface area (Å²) >= 11 is 0. The SMILES string of the molecule is CCCC(CNCC)Oc1ccc(F)cc1F. The van der Waals surface area contributed by atoms with Crippen molar-refractivity contribution in [2.24, 2.45) is 0 Å². The molecule has 0 aliphatic heterocycles. The van der Waals surface area contributed by atoms with Crippen molar-refractivity contribution in [2.45, 2.75) is 32.8 Å². The van der Waals surface area contributed by atoms with Crippen LogP contribution in [0.3, 0.4) is 0 Å². The van der Waals surface area contributed by atoms with Crippen LogP contribution in [-0.2, 0) is 0 Å². The summed E-state index contributed by atoms with van der Waals surface area (Å²) < 4.78 is 31.7. The van der Waals surface area contributed by atoms with Crippen molar-refractivity contribution in [3.05, 3.63) is 29.8 Å². The lowest BCUT2D eigenvalue weighted by atomic mass is 10.2. The molecular weight excluding hydrogens is 224 g/mol. The van der Waals surface area contributed by atoms with E-state index in [-0.39, 0.29) is 11.9 Å². The smallest absolute Gasteiger partial charge is 0.167 e. The van der Waals surface area contributed by atoms with E-state index in [4.69, 9.17) is 4.74 Å². The van der Waals surface area contributed by atoms with Gasteiger partial charge in [0.05, 0.1) is 0 Å². The van der Waals surface area contributed by atoms with Crippen LogP contribution in [0.2, 0.25) is 0 Å². The highest BCUT2D eigenvalue weighted by molar-refractivity contribution is 5.24. The lowest BCUT2D eigenvalue weighted by Crippen LogP contribution is -2.31. The van der Waals surface area contributed by atoms with Crippen LogP contribution in [0.1, 0.15) is 26.7 Å². The van der Waals surface area contributed by atoms with Crippen LogP contribution >= 0.6 is 0 Å². The molecule has 0 fully saturated rings. The number of halogens is 2. The highest BCUT2D eigenvalue weighted by Crippen LogP contribution is 2.20. The molecule has 17 heavy (non-hydrogen) atoms. The molecule has 1 rings (SSSR count). The first-order valence-corrected chi connectivity index (χ1v) is 5.99. The Morgan fingerprint density at radius 1 is 1.29 bits per heavy atom. The van der Waals surface area contributed by atoms with Gasteiger partial charge in [0.25, 0.3) is 0 Å². The summed E-state index contributed by atoms with van der Waals surface area (Å²) in [5.41, 5.74) is 0. The maximum Gasteiger partial charge on any atom is 0.167 e. The van der Waals surface area contributed by atoms with Gasteiger partial charge in [-0.25, -0.2) is 8.78 Å². The Hall–Kier alpha value is -1.16. The van der Waals surface area contributed by atoms with E-state index in [0.717, 1.165) is 25.5 Å². The predicted molar refractivity (Wildman–Crippen MR) is 64.2 cm³/mol. The van der Waals surface area contributed by atoms with Gasteiger partial charge in [-0.1, -0.05) is 20.3 Å². The average Bonchev–Trinajstić information content (AvgIpc) is 2.29. The van der Waals surface area contributed by atoms with Crippen LogP contribution in [0.5, 0.6) is 5.75 Å². The van der Waals surface area contributed by atoms with Gasteiger partial charge in [-0.05, 0) is 25.1 Å². The second kappa shape index (κ2) is 7.22. The fourth-order valence-corrected chi connectivity index (χ4v) is 1.58. The molecule has 0 aliphatic carbocycles. The molecule has 1 unspecified atom stereocenters. The van der Waals surface area contributed by atoms with E-state index in [1.165, 1.54) is 12.1 Å². The molecule has 0 saturated carbocycles. The molecule has 0 amide bonds. The summed E-state index contributed by atoms with van der Waals surface area (Å²) in [6.07, 6.45) is 1.71. The molecule has 0 aromatic heterocycles. The van der Waals surface area contributed by atoms with Gasteiger partial charge in [0.15, 0.2) is 11.6 Å². The number of benzene rings is 1. The quantitative estimate of drug-likeness (QED) is 0.794. The first-order chi connectivity index (χ1) is 8.17. The number of rotatable bonds is 7. The molecule has 1 atom stereocenters. The van der Waals surface area contributed by atoms with E-state index in [0.29, 0.717) is 6.54 Å². The number of nitrogens with one attached hydrogen (secondary N) is 1. The van der Waals surface area contributed by atoms with Gasteiger partial charge in [0.1, 0.15) is 11.9 Å². The van der Waals surface area contributed by atoms with E-state index < -0.39 is 11.6 Å². The van der Waals surface area contributed by atoms with Crippen molar-refractivity contribution in [3.8, 4) is 5.75 Å². The van der Waals surface area contributed by atoms with Crippen molar-refractivity contribution >= 4 is 0 Å². The molecule has 0 spiro atoms. The summed E-state index contributed by atoms with van der Waals surface area (Å²) in [6, 6.07) is 3.37. The molecule has 0 saturated heterocycles. The van der Waals surface area contributed by atoms with E-state index in [1.54, 1.807) is 0 Å². The summed E-state index contributed by atoms with van der Waals surface area (Å²) in [7, 11) is 0. The molecular formula is C13H19F2NO. The topological polar surface area (TPSA) is 21.3 Å². The first kappa shape index (κ1) is 13.9. The van der Waals surface area contributed by atoms with Crippen LogP contribution in [0.15, 0.2) is 18.2 Å². The maximum atomic E-state index is 13.4. The Balaban J connectivity index is 2.64. The Labute approximate surface area is 101 Å². The van der Waals surface area contributed by atoms with Gasteiger partial charge < -0.3 is 10.1 Å². The van der Waals surface area contributed by atoms with Gasteiger partial charge in [0, 0.05) is 12.6 Å². The molecule has 0 heterocycles. The molecule has 1 N–H and O–H groups in total. The van der Waals surface area contributed by atoms with E-state index >= 15 is 0 Å². The predicted octanol–water partition coefficient (Wildman–Crippen LogP) is 3.12. The van der Waals surface area contributed by atoms with Gasteiger partial charge in [-0.15, -0.1) is 0 Å². The highest BCUT2D eigenvalue weighted by atomic mass is 19.1. The molecule has 1 aromatic carbocycles. The third-order valence-corrected chi connectivity index (χ3v) is 2.42. The first-order valence-electron chi connectivity index (χ1n) is 5.99. The molecule has 0 radical (unpaired) electrons. The van der Waals surface area contributed by atoms with Crippen molar-refractivity contribution < 1.29 is 13.5 Å². The summed E-state index contributed by atoms with van der Waals surface area (Å²) in [5.74, 6) is -1.13. The largest absolute Gasteiger partial charge is 0.486 e. The minimum atomic E-state index is -0.650. The molecule has 1 aromatic rings. The molecule has 0 bridgehead atoms. The lowest BCUT2D eigenvalue weighted by molar-refractivity contribution is 0.179. The highest BCUT2D eigenvalue weighted by Gasteiger charge is 2.12. The van der Waals surface area contributed by atoms with Crippen molar-refractivity contribution in [1.82, 2.24) is 5.32 Å². The van der Waals surface area contributed by atoms with Gasteiger partial charge in [0.2, 0.25) is 0 Å². The molecule has 0 aliphatic rings. The van der Waals surface area contributed by atoms with Crippen LogP contribution < -0.4 is 10.1 Å².